The largest absolute Gasteiger partial charge is 0.355 e. The number of aromatic nitrogens is 4. The fraction of sp³-hybridized carbons (Fsp3) is 0.429. The number of carbonyl (C=O) groups excluding carboxylic acids is 1. The number of nitrogens with zero attached hydrogens (tertiary/aromatic N) is 7. The fourth-order valence-electron chi connectivity index (χ4n) is 4.11. The number of thiophene rings is 1. The maximum atomic E-state index is 13.1. The lowest BCUT2D eigenvalue weighted by molar-refractivity contribution is 0.0735. The Morgan fingerprint density at radius 2 is 1.60 bits per heavy atom. The zero-order chi connectivity index (χ0) is 20.5. The molecule has 2 aliphatic rings. The van der Waals surface area contributed by atoms with Gasteiger partial charge in [0.1, 0.15) is 11.4 Å². The van der Waals surface area contributed by atoms with Crippen molar-refractivity contribution < 1.29 is 4.79 Å². The van der Waals surface area contributed by atoms with Crippen molar-refractivity contribution in [2.45, 2.75) is 12.8 Å². The zero-order valence-corrected chi connectivity index (χ0v) is 17.9. The lowest BCUT2D eigenvalue weighted by atomic mass is 10.2. The van der Waals surface area contributed by atoms with E-state index in [9.17, 15) is 4.79 Å². The Bertz CT molecular complexity index is 1000. The lowest BCUT2D eigenvalue weighted by Crippen LogP contribution is -2.49. The van der Waals surface area contributed by atoms with Crippen molar-refractivity contribution in [3.8, 4) is 10.6 Å². The number of rotatable bonds is 4. The van der Waals surface area contributed by atoms with E-state index in [0.29, 0.717) is 18.8 Å². The molecular weight excluding hydrogens is 398 g/mol. The van der Waals surface area contributed by atoms with E-state index >= 15 is 0 Å². The van der Waals surface area contributed by atoms with Gasteiger partial charge in [-0.15, -0.1) is 21.5 Å². The summed E-state index contributed by atoms with van der Waals surface area (Å²) >= 11 is 1.63. The standard InChI is InChI=1S/C21H25N7OS/c1-25-17(15-16(24-25)18-5-4-14-30-18)21(29)28-12-10-27(11-13-28)20-7-6-19(22-23-20)26-8-2-3-9-26/h4-7,14-15H,2-3,8-13H2,1H3. The first-order chi connectivity index (χ1) is 14.7. The molecule has 2 fully saturated rings. The first kappa shape index (κ1) is 19.0. The average Bonchev–Trinajstić information content (AvgIpc) is 3.55. The van der Waals surface area contributed by atoms with E-state index < -0.39 is 0 Å². The molecule has 0 saturated carbocycles. The van der Waals surface area contributed by atoms with Crippen molar-refractivity contribution in [3.63, 3.8) is 0 Å². The van der Waals surface area contributed by atoms with Gasteiger partial charge in [0.05, 0.1) is 4.88 Å². The normalized spacial score (nSPS) is 17.0. The van der Waals surface area contributed by atoms with Crippen LogP contribution in [-0.4, -0.2) is 70.1 Å². The van der Waals surface area contributed by atoms with Gasteiger partial charge < -0.3 is 14.7 Å². The van der Waals surface area contributed by atoms with Crippen LogP contribution in [0, 0.1) is 0 Å². The first-order valence-electron chi connectivity index (χ1n) is 10.4. The highest BCUT2D eigenvalue weighted by Crippen LogP contribution is 2.25. The third kappa shape index (κ3) is 3.65. The number of hydrogen-bond donors (Lipinski definition) is 0. The second-order valence-corrected chi connectivity index (χ2v) is 8.69. The van der Waals surface area contributed by atoms with Crippen LogP contribution in [0.4, 0.5) is 11.6 Å². The monoisotopic (exact) mass is 423 g/mol. The summed E-state index contributed by atoms with van der Waals surface area (Å²) in [7, 11) is 1.83. The van der Waals surface area contributed by atoms with E-state index in [4.69, 9.17) is 0 Å². The number of aryl methyl sites for hydroxylation is 1. The first-order valence-corrected chi connectivity index (χ1v) is 11.3. The lowest BCUT2D eigenvalue weighted by Gasteiger charge is -2.35. The third-order valence-electron chi connectivity index (χ3n) is 5.83. The van der Waals surface area contributed by atoms with Gasteiger partial charge in [-0.1, -0.05) is 6.07 Å². The van der Waals surface area contributed by atoms with Crippen LogP contribution in [0.2, 0.25) is 0 Å². The maximum Gasteiger partial charge on any atom is 0.272 e. The van der Waals surface area contributed by atoms with E-state index in [-0.39, 0.29) is 5.91 Å². The minimum atomic E-state index is 0.0305. The molecule has 5 rings (SSSR count). The van der Waals surface area contributed by atoms with E-state index in [2.05, 4.69) is 31.2 Å². The van der Waals surface area contributed by atoms with E-state index in [0.717, 1.165) is 48.4 Å². The summed E-state index contributed by atoms with van der Waals surface area (Å²) in [6.07, 6.45) is 2.45. The van der Waals surface area contributed by atoms with Gasteiger partial charge in [-0.05, 0) is 42.5 Å². The third-order valence-corrected chi connectivity index (χ3v) is 6.72. The second-order valence-electron chi connectivity index (χ2n) is 7.74. The highest BCUT2D eigenvalue weighted by atomic mass is 32.1. The molecule has 9 heteroatoms. The van der Waals surface area contributed by atoms with Crippen molar-refractivity contribution in [2.24, 2.45) is 7.05 Å². The number of piperazine rings is 1. The van der Waals surface area contributed by atoms with Gasteiger partial charge in [-0.25, -0.2) is 0 Å². The molecule has 0 aromatic carbocycles. The van der Waals surface area contributed by atoms with Crippen LogP contribution in [0.15, 0.2) is 35.7 Å². The van der Waals surface area contributed by atoms with Gasteiger partial charge in [-0.3, -0.25) is 9.48 Å². The van der Waals surface area contributed by atoms with Gasteiger partial charge in [0, 0.05) is 46.3 Å². The van der Waals surface area contributed by atoms with Gasteiger partial charge in [-0.2, -0.15) is 5.10 Å². The van der Waals surface area contributed by atoms with E-state index in [1.807, 2.05) is 41.6 Å². The fourth-order valence-corrected chi connectivity index (χ4v) is 4.80. The summed E-state index contributed by atoms with van der Waals surface area (Å²) < 4.78 is 1.69. The highest BCUT2D eigenvalue weighted by Gasteiger charge is 2.26. The summed E-state index contributed by atoms with van der Waals surface area (Å²) in [5.41, 5.74) is 1.48. The molecule has 5 heterocycles. The number of hydrogen-bond acceptors (Lipinski definition) is 7. The molecule has 0 radical (unpaired) electrons. The van der Waals surface area contributed by atoms with E-state index in [1.54, 1.807) is 16.0 Å². The molecule has 0 spiro atoms. The molecule has 2 saturated heterocycles. The van der Waals surface area contributed by atoms with Gasteiger partial charge in [0.15, 0.2) is 11.6 Å². The van der Waals surface area contributed by atoms with Crippen molar-refractivity contribution in [1.82, 2.24) is 24.9 Å². The smallest absolute Gasteiger partial charge is 0.272 e. The Kier molecular flexibility index (Phi) is 5.12. The molecule has 0 atom stereocenters. The Hall–Kier alpha value is -2.94. The SMILES string of the molecule is Cn1nc(-c2cccs2)cc1C(=O)N1CCN(c2ccc(N3CCCC3)nn2)CC1. The van der Waals surface area contributed by atoms with Gasteiger partial charge in [0.2, 0.25) is 0 Å². The molecule has 8 nitrogen and oxygen atoms in total. The highest BCUT2D eigenvalue weighted by molar-refractivity contribution is 7.13. The molecule has 3 aromatic heterocycles. The van der Waals surface area contributed by atoms with Gasteiger partial charge in [0.25, 0.3) is 5.91 Å². The summed E-state index contributed by atoms with van der Waals surface area (Å²) in [5.74, 6) is 1.87. The van der Waals surface area contributed by atoms with Crippen LogP contribution >= 0.6 is 11.3 Å². The number of amides is 1. The molecule has 30 heavy (non-hydrogen) atoms. The molecular formula is C21H25N7OS. The van der Waals surface area contributed by atoms with Crippen LogP contribution in [0.1, 0.15) is 23.3 Å². The van der Waals surface area contributed by atoms with Crippen molar-refractivity contribution >= 4 is 28.9 Å². The topological polar surface area (TPSA) is 70.4 Å². The summed E-state index contributed by atoms with van der Waals surface area (Å²) in [6, 6.07) is 10.0. The Morgan fingerprint density at radius 3 is 2.20 bits per heavy atom. The van der Waals surface area contributed by atoms with E-state index in [1.165, 1.54) is 12.8 Å². The van der Waals surface area contributed by atoms with Crippen LogP contribution in [0.3, 0.4) is 0 Å². The van der Waals surface area contributed by atoms with Crippen LogP contribution in [0.25, 0.3) is 10.6 Å². The minimum absolute atomic E-state index is 0.0305. The molecule has 0 bridgehead atoms. The van der Waals surface area contributed by atoms with Crippen molar-refractivity contribution in [3.05, 3.63) is 41.4 Å². The Labute approximate surface area is 179 Å². The zero-order valence-electron chi connectivity index (χ0n) is 17.1. The van der Waals surface area contributed by atoms with Crippen LogP contribution in [-0.2, 0) is 7.05 Å². The molecule has 0 N–H and O–H groups in total. The molecule has 0 unspecified atom stereocenters. The molecule has 2 aliphatic heterocycles. The predicted molar refractivity (Wildman–Crippen MR) is 118 cm³/mol. The Morgan fingerprint density at radius 1 is 0.933 bits per heavy atom. The summed E-state index contributed by atoms with van der Waals surface area (Å²) in [5, 5.41) is 15.4. The quantitative estimate of drug-likeness (QED) is 0.642. The number of carbonyl (C=O) groups is 1. The summed E-state index contributed by atoms with van der Waals surface area (Å²) in [4.78, 5) is 20.5. The molecule has 0 aliphatic carbocycles. The second kappa shape index (κ2) is 8.06. The Balaban J connectivity index is 1.22. The average molecular weight is 424 g/mol. The van der Waals surface area contributed by atoms with Crippen molar-refractivity contribution in [2.75, 3.05) is 49.1 Å². The van der Waals surface area contributed by atoms with Crippen molar-refractivity contribution in [1.29, 1.82) is 0 Å². The molecule has 1 amide bonds. The number of anilines is 2. The molecule has 156 valence electrons. The minimum Gasteiger partial charge on any atom is -0.355 e. The van der Waals surface area contributed by atoms with Crippen LogP contribution in [0.5, 0.6) is 0 Å². The van der Waals surface area contributed by atoms with Gasteiger partial charge >= 0.3 is 0 Å². The molecule has 3 aromatic rings. The maximum absolute atomic E-state index is 13.1. The van der Waals surface area contributed by atoms with Crippen LogP contribution < -0.4 is 9.80 Å². The predicted octanol–water partition coefficient (Wildman–Crippen LogP) is 2.50. The summed E-state index contributed by atoms with van der Waals surface area (Å²) in [6.45, 7) is 4.95.